The van der Waals surface area contributed by atoms with Crippen LogP contribution in [0.25, 0.3) is 16.7 Å². The fourth-order valence-corrected chi connectivity index (χ4v) is 13.7. The van der Waals surface area contributed by atoms with Crippen molar-refractivity contribution in [2.24, 2.45) is 40.9 Å². The first-order chi connectivity index (χ1) is 43.7. The highest BCUT2D eigenvalue weighted by atomic mass is 32.2. The number of nitriles is 1. The molecular weight excluding hydrogens is 1330 g/mol. The van der Waals surface area contributed by atoms with Crippen molar-refractivity contribution < 1.29 is 66.8 Å². The Morgan fingerprint density at radius 3 is 1.65 bits per heavy atom. The fourth-order valence-electron chi connectivity index (χ4n) is 9.40. The summed E-state index contributed by atoms with van der Waals surface area (Å²) >= 11 is 2.38. The number of rotatable bonds is 27. The molecule has 30 nitrogen and oxygen atoms in total. The van der Waals surface area contributed by atoms with E-state index in [0.29, 0.717) is 49.6 Å². The van der Waals surface area contributed by atoms with E-state index in [9.17, 15) is 67.4 Å². The van der Waals surface area contributed by atoms with E-state index in [4.69, 9.17) is 15.0 Å². The van der Waals surface area contributed by atoms with Gasteiger partial charge < -0.3 is 20.3 Å². The molecular formula is C57H61N15O15S6. The Hall–Kier alpha value is -8.35. The number of aliphatic hydroxyl groups excluding tert-OH is 1. The normalized spacial score (nSPS) is 12.6. The van der Waals surface area contributed by atoms with E-state index in [1.54, 1.807) is 45.0 Å². The van der Waals surface area contributed by atoms with E-state index in [1.165, 1.54) is 30.8 Å². The lowest BCUT2D eigenvalue weighted by atomic mass is 10.1. The first kappa shape index (κ1) is 70.5. The Labute approximate surface area is 543 Å². The van der Waals surface area contributed by atoms with Crippen molar-refractivity contribution in [3.63, 3.8) is 0 Å². The van der Waals surface area contributed by atoms with Gasteiger partial charge in [-0.1, -0.05) is 17.7 Å². The molecule has 0 bridgehead atoms. The molecule has 0 atom stereocenters. The molecule has 7 N–H and O–H groups in total. The van der Waals surface area contributed by atoms with Gasteiger partial charge in [0.25, 0.3) is 40.5 Å². The quantitative estimate of drug-likeness (QED) is 0.0109. The van der Waals surface area contributed by atoms with E-state index in [2.05, 4.69) is 55.9 Å². The predicted molar refractivity (Wildman–Crippen MR) is 348 cm³/mol. The number of nitrogens with one attached hydrogen (secondary N) is 1. The highest BCUT2D eigenvalue weighted by Crippen LogP contribution is 2.46. The minimum atomic E-state index is -4.79. The summed E-state index contributed by atoms with van der Waals surface area (Å²) < 4.78 is 140. The number of fused-ring (bicyclic) bond motifs is 3. The SMILES string of the molecule is Cc1cc(C)c(N=Nc2cc(SCCCS(=O)(=O)O)c(N=Nc3cc(SCCCS(=O)(=O)O)c(N=Nc4cc(OCCCS(=O)(=O)O)c(N=Nc5c(C)c(C#N)c6nc7cc(S(=O)(=O)O)cc(CO)c7n6c5O)cc4C)cc3Nc3nc(C)nc(C)n3)cc2C)c(C)c1. The van der Waals surface area contributed by atoms with Crippen LogP contribution in [0.2, 0.25) is 0 Å². The molecule has 0 aliphatic rings. The predicted octanol–water partition coefficient (Wildman–Crippen LogP) is 13.3. The van der Waals surface area contributed by atoms with Gasteiger partial charge in [-0.2, -0.15) is 59.1 Å². The van der Waals surface area contributed by atoms with Crippen LogP contribution in [-0.2, 0) is 47.1 Å². The standard InChI is InChI=1S/C57H61N15O15S6/c1-30-18-33(4)52(34(5)19-30)70-65-42-26-50(88-13-10-16-91(78,79)80)46(21-32(42)3)68-66-44-27-51(89-14-11-17-92(81,82)83)47(24-43(44)63-57-60-36(7)59-37(8)61-57)69-64-41-25-49(87-12-9-15-90(75,76)77)45(20-31(41)2)67-71-53-35(6)40(28-58)55-62-48-23-39(93(84,85)86)22-38(29-73)54(48)72(55)56(53)74/h18-27,73-74H,9-17,29H2,1-8H3,(H,75,76,77)(H,78,79,80)(H,81,82,83)(H,84,85,86)(H,59,60,61,63). The summed E-state index contributed by atoms with van der Waals surface area (Å²) in [6, 6.07) is 17.5. The number of aromatic nitrogens is 5. The summed E-state index contributed by atoms with van der Waals surface area (Å²) in [5.74, 6) is -1.27. The minimum Gasteiger partial charge on any atom is -0.493 e. The maximum Gasteiger partial charge on any atom is 0.294 e. The van der Waals surface area contributed by atoms with Crippen molar-refractivity contribution in [2.75, 3.05) is 40.7 Å². The summed E-state index contributed by atoms with van der Waals surface area (Å²) in [6.45, 7) is 13.0. The number of aryl methyl sites for hydroxylation is 7. The number of azo groups is 4. The number of pyridine rings is 1. The molecule has 0 amide bonds. The molecule has 0 saturated carbocycles. The smallest absolute Gasteiger partial charge is 0.294 e. The zero-order chi connectivity index (χ0) is 67.9. The summed E-state index contributed by atoms with van der Waals surface area (Å²) in [5, 5.41) is 72.3. The lowest BCUT2D eigenvalue weighted by Crippen LogP contribution is -2.08. The number of nitrogens with zero attached hydrogens (tertiary/aromatic N) is 14. The Morgan fingerprint density at radius 2 is 1.08 bits per heavy atom. The largest absolute Gasteiger partial charge is 0.493 e. The zero-order valence-corrected chi connectivity index (χ0v) is 55.8. The van der Waals surface area contributed by atoms with E-state index in [0.717, 1.165) is 45.0 Å². The number of imidazole rings is 1. The van der Waals surface area contributed by atoms with Crippen LogP contribution >= 0.6 is 23.5 Å². The molecule has 0 radical (unpaired) electrons. The topological polar surface area (TPSA) is 458 Å². The molecule has 0 spiro atoms. The van der Waals surface area contributed by atoms with Crippen LogP contribution in [0.5, 0.6) is 11.6 Å². The molecule has 36 heteroatoms. The number of aromatic hydroxyl groups is 1. The van der Waals surface area contributed by atoms with E-state index < -0.39 is 75.1 Å². The first-order valence-electron chi connectivity index (χ1n) is 27.8. The number of benzene rings is 5. The number of hydrogen-bond acceptors (Lipinski definition) is 27. The van der Waals surface area contributed by atoms with Gasteiger partial charge in [0.15, 0.2) is 11.3 Å². The molecule has 3 heterocycles. The average molecular weight is 1390 g/mol. The lowest BCUT2D eigenvalue weighted by Gasteiger charge is -2.14. The zero-order valence-electron chi connectivity index (χ0n) is 50.9. The molecule has 0 aliphatic heterocycles. The van der Waals surface area contributed by atoms with Crippen LogP contribution in [0, 0.1) is 66.7 Å². The minimum absolute atomic E-state index is 0.0125. The highest BCUT2D eigenvalue weighted by Gasteiger charge is 2.26. The molecule has 0 unspecified atom stereocenters. The molecule has 8 rings (SSSR count). The van der Waals surface area contributed by atoms with Gasteiger partial charge in [0.1, 0.15) is 46.1 Å². The van der Waals surface area contributed by atoms with Crippen molar-refractivity contribution in [2.45, 2.75) is 95.9 Å². The Kier molecular flexibility index (Phi) is 22.2. The Morgan fingerprint density at radius 1 is 0.570 bits per heavy atom. The summed E-state index contributed by atoms with van der Waals surface area (Å²) in [7, 11) is -17.8. The molecule has 5 aromatic carbocycles. The second-order valence-electron chi connectivity index (χ2n) is 21.1. The van der Waals surface area contributed by atoms with Crippen LogP contribution in [0.15, 0.2) is 116 Å². The molecule has 0 fully saturated rings. The summed E-state index contributed by atoms with van der Waals surface area (Å²) in [5.41, 5.74) is 5.43. The van der Waals surface area contributed by atoms with Gasteiger partial charge in [-0.15, -0.1) is 54.2 Å². The third-order valence-electron chi connectivity index (χ3n) is 13.6. The second kappa shape index (κ2) is 29.3. The number of ether oxygens (including phenoxy) is 1. The van der Waals surface area contributed by atoms with Gasteiger partial charge in [-0.05, 0) is 151 Å². The van der Waals surface area contributed by atoms with Crippen molar-refractivity contribution >= 4 is 138 Å². The van der Waals surface area contributed by atoms with Gasteiger partial charge >= 0.3 is 0 Å². The van der Waals surface area contributed by atoms with E-state index in [-0.39, 0.29) is 117 Å². The molecule has 93 heavy (non-hydrogen) atoms. The molecule has 3 aromatic heterocycles. The van der Waals surface area contributed by atoms with Crippen molar-refractivity contribution in [3.05, 3.63) is 117 Å². The second-order valence-corrected chi connectivity index (χ2v) is 29.5. The highest BCUT2D eigenvalue weighted by molar-refractivity contribution is 7.99. The van der Waals surface area contributed by atoms with Crippen molar-refractivity contribution in [1.29, 1.82) is 5.26 Å². The number of anilines is 2. The third kappa shape index (κ3) is 18.5. The monoisotopic (exact) mass is 1390 g/mol. The Bertz CT molecular complexity index is 4880. The van der Waals surface area contributed by atoms with Gasteiger partial charge in [0.05, 0.1) is 74.8 Å². The fraction of sp³-hybridized carbons (Fsp3) is 0.316. The van der Waals surface area contributed by atoms with Crippen LogP contribution in [0.3, 0.4) is 0 Å². The van der Waals surface area contributed by atoms with Crippen molar-refractivity contribution in [3.8, 4) is 17.7 Å². The van der Waals surface area contributed by atoms with Gasteiger partial charge in [-0.25, -0.2) is 9.97 Å². The maximum absolute atomic E-state index is 12.1. The van der Waals surface area contributed by atoms with Crippen LogP contribution in [0.4, 0.5) is 57.1 Å². The Balaban J connectivity index is 1.25. The van der Waals surface area contributed by atoms with E-state index in [1.807, 2.05) is 45.9 Å². The lowest BCUT2D eigenvalue weighted by molar-refractivity contribution is 0.282. The third-order valence-corrected chi connectivity index (χ3v) is 19.1. The molecule has 0 aliphatic carbocycles. The van der Waals surface area contributed by atoms with Crippen molar-refractivity contribution in [1.82, 2.24) is 24.3 Å². The number of thioether (sulfide) groups is 2. The van der Waals surface area contributed by atoms with E-state index >= 15 is 0 Å². The molecule has 8 aromatic rings. The summed E-state index contributed by atoms with van der Waals surface area (Å²) in [4.78, 5) is 17.9. The molecule has 0 saturated heterocycles. The molecule has 490 valence electrons. The average Bonchev–Trinajstić information content (AvgIpc) is 1.60. The summed E-state index contributed by atoms with van der Waals surface area (Å²) in [6.07, 6.45) is -0.134. The van der Waals surface area contributed by atoms with Gasteiger partial charge in [-0.3, -0.25) is 22.6 Å². The van der Waals surface area contributed by atoms with Crippen LogP contribution < -0.4 is 10.1 Å². The first-order valence-corrected chi connectivity index (χ1v) is 36.0. The van der Waals surface area contributed by atoms with Crippen LogP contribution in [-0.4, -0.2) is 122 Å². The van der Waals surface area contributed by atoms with Gasteiger partial charge in [0.2, 0.25) is 11.8 Å². The maximum atomic E-state index is 12.1. The number of aliphatic hydroxyl groups is 1. The van der Waals surface area contributed by atoms with Gasteiger partial charge in [0, 0.05) is 27.0 Å². The number of hydrogen-bond donors (Lipinski definition) is 7. The van der Waals surface area contributed by atoms with Crippen LogP contribution in [0.1, 0.15) is 75.4 Å².